The van der Waals surface area contributed by atoms with Gasteiger partial charge in [0, 0.05) is 6.42 Å². The number of rotatable bonds is 6. The van der Waals surface area contributed by atoms with Crippen LogP contribution < -0.4 is 4.74 Å². The minimum absolute atomic E-state index is 0.157. The molecule has 3 heteroatoms. The fourth-order valence-electron chi connectivity index (χ4n) is 1.37. The lowest BCUT2D eigenvalue weighted by molar-refractivity contribution is -0.140. The van der Waals surface area contributed by atoms with E-state index in [0.717, 1.165) is 24.2 Å². The van der Waals surface area contributed by atoms with E-state index in [9.17, 15) is 4.79 Å². The smallest absolute Gasteiger partial charge is 0.305 e. The largest absolute Gasteiger partial charge is 0.493 e. The van der Waals surface area contributed by atoms with Crippen molar-refractivity contribution in [3.63, 3.8) is 0 Å². The van der Waals surface area contributed by atoms with Gasteiger partial charge in [0.25, 0.3) is 0 Å². The molecule has 0 saturated heterocycles. The lowest BCUT2D eigenvalue weighted by Crippen LogP contribution is -2.03. The maximum Gasteiger partial charge on any atom is 0.305 e. The fourth-order valence-corrected chi connectivity index (χ4v) is 1.37. The van der Waals surface area contributed by atoms with Crippen LogP contribution in [-0.4, -0.2) is 19.7 Å². The standard InChI is InChI=1S/C13H18O3/c1-11-7-3-4-8-12(11)16-10-6-5-9-13(14)15-2/h3-4,7-8H,5-6,9-10H2,1-2H3. The SMILES string of the molecule is COC(=O)CCCCOc1ccccc1C. The van der Waals surface area contributed by atoms with Crippen molar-refractivity contribution in [3.8, 4) is 5.75 Å². The van der Waals surface area contributed by atoms with Crippen molar-refractivity contribution in [1.82, 2.24) is 0 Å². The third-order valence-electron chi connectivity index (χ3n) is 2.35. The minimum atomic E-state index is -0.157. The van der Waals surface area contributed by atoms with Gasteiger partial charge in [-0.15, -0.1) is 0 Å². The monoisotopic (exact) mass is 222 g/mol. The van der Waals surface area contributed by atoms with Crippen LogP contribution in [0.15, 0.2) is 24.3 Å². The second kappa shape index (κ2) is 6.88. The van der Waals surface area contributed by atoms with Gasteiger partial charge in [0.05, 0.1) is 13.7 Å². The molecule has 0 atom stereocenters. The molecule has 0 saturated carbocycles. The third kappa shape index (κ3) is 4.34. The Morgan fingerprint density at radius 2 is 2.00 bits per heavy atom. The van der Waals surface area contributed by atoms with E-state index in [4.69, 9.17) is 4.74 Å². The molecule has 0 bridgehead atoms. The Morgan fingerprint density at radius 3 is 2.69 bits per heavy atom. The number of methoxy groups -OCH3 is 1. The van der Waals surface area contributed by atoms with Crippen molar-refractivity contribution in [2.75, 3.05) is 13.7 Å². The zero-order chi connectivity index (χ0) is 11.8. The first-order valence-corrected chi connectivity index (χ1v) is 5.49. The molecule has 0 unspecified atom stereocenters. The van der Waals surface area contributed by atoms with Gasteiger partial charge in [0.1, 0.15) is 5.75 Å². The zero-order valence-electron chi connectivity index (χ0n) is 9.86. The van der Waals surface area contributed by atoms with Gasteiger partial charge in [0.2, 0.25) is 0 Å². The molecule has 0 amide bonds. The second-order valence-electron chi connectivity index (χ2n) is 3.65. The molecule has 0 aliphatic rings. The lowest BCUT2D eigenvalue weighted by atomic mass is 10.2. The van der Waals surface area contributed by atoms with Crippen LogP contribution in [0.5, 0.6) is 5.75 Å². The number of esters is 1. The Balaban J connectivity index is 2.17. The molecular weight excluding hydrogens is 204 g/mol. The van der Waals surface area contributed by atoms with Crippen molar-refractivity contribution in [2.24, 2.45) is 0 Å². The summed E-state index contributed by atoms with van der Waals surface area (Å²) in [6, 6.07) is 7.91. The Hall–Kier alpha value is -1.51. The van der Waals surface area contributed by atoms with E-state index in [1.807, 2.05) is 31.2 Å². The van der Waals surface area contributed by atoms with E-state index >= 15 is 0 Å². The van der Waals surface area contributed by atoms with Crippen LogP contribution in [0.25, 0.3) is 0 Å². The summed E-state index contributed by atoms with van der Waals surface area (Å²) in [4.78, 5) is 10.8. The summed E-state index contributed by atoms with van der Waals surface area (Å²) in [7, 11) is 1.41. The van der Waals surface area contributed by atoms with Crippen molar-refractivity contribution in [2.45, 2.75) is 26.2 Å². The summed E-state index contributed by atoms with van der Waals surface area (Å²) in [6.07, 6.45) is 2.13. The molecule has 1 rings (SSSR count). The summed E-state index contributed by atoms with van der Waals surface area (Å²) < 4.78 is 10.2. The van der Waals surface area contributed by atoms with Crippen molar-refractivity contribution < 1.29 is 14.3 Å². The first-order valence-electron chi connectivity index (χ1n) is 5.49. The maximum absolute atomic E-state index is 10.8. The zero-order valence-corrected chi connectivity index (χ0v) is 9.86. The molecule has 0 radical (unpaired) electrons. The lowest BCUT2D eigenvalue weighted by Gasteiger charge is -2.08. The summed E-state index contributed by atoms with van der Waals surface area (Å²) in [5.74, 6) is 0.761. The number of hydrogen-bond acceptors (Lipinski definition) is 3. The van der Waals surface area contributed by atoms with Gasteiger partial charge >= 0.3 is 5.97 Å². The average Bonchev–Trinajstić information content (AvgIpc) is 2.30. The Labute approximate surface area is 96.4 Å². The fraction of sp³-hybridized carbons (Fsp3) is 0.462. The molecule has 0 aromatic heterocycles. The normalized spacial score (nSPS) is 9.88. The number of unbranched alkanes of at least 4 members (excludes halogenated alkanes) is 1. The predicted octanol–water partition coefficient (Wildman–Crippen LogP) is 2.72. The third-order valence-corrected chi connectivity index (χ3v) is 2.35. The molecule has 0 aliphatic heterocycles. The quantitative estimate of drug-likeness (QED) is 0.548. The van der Waals surface area contributed by atoms with Crippen LogP contribution in [0.1, 0.15) is 24.8 Å². The van der Waals surface area contributed by atoms with Crippen molar-refractivity contribution >= 4 is 5.97 Å². The first kappa shape index (κ1) is 12.6. The highest BCUT2D eigenvalue weighted by Crippen LogP contribution is 2.16. The number of aryl methyl sites for hydroxylation is 1. The van der Waals surface area contributed by atoms with Gasteiger partial charge < -0.3 is 9.47 Å². The molecule has 1 aromatic carbocycles. The summed E-state index contributed by atoms with van der Waals surface area (Å²) in [5.41, 5.74) is 1.13. The van der Waals surface area contributed by atoms with Gasteiger partial charge in [-0.05, 0) is 31.4 Å². The number of para-hydroxylation sites is 1. The number of benzene rings is 1. The van der Waals surface area contributed by atoms with Gasteiger partial charge in [0.15, 0.2) is 0 Å². The van der Waals surface area contributed by atoms with Crippen LogP contribution in [0, 0.1) is 6.92 Å². The highest BCUT2D eigenvalue weighted by atomic mass is 16.5. The van der Waals surface area contributed by atoms with Crippen molar-refractivity contribution in [3.05, 3.63) is 29.8 Å². The molecule has 0 aliphatic carbocycles. The van der Waals surface area contributed by atoms with E-state index in [0.29, 0.717) is 13.0 Å². The van der Waals surface area contributed by atoms with Crippen LogP contribution >= 0.6 is 0 Å². The van der Waals surface area contributed by atoms with Crippen LogP contribution in [0.3, 0.4) is 0 Å². The predicted molar refractivity (Wildman–Crippen MR) is 62.5 cm³/mol. The molecule has 16 heavy (non-hydrogen) atoms. The molecule has 0 spiro atoms. The van der Waals surface area contributed by atoms with Crippen LogP contribution in [-0.2, 0) is 9.53 Å². The molecule has 0 fully saturated rings. The Bertz CT molecular complexity index is 334. The summed E-state index contributed by atoms with van der Waals surface area (Å²) >= 11 is 0. The molecule has 0 N–H and O–H groups in total. The van der Waals surface area contributed by atoms with Gasteiger partial charge in [-0.2, -0.15) is 0 Å². The highest BCUT2D eigenvalue weighted by Gasteiger charge is 2.00. The average molecular weight is 222 g/mol. The Kier molecular flexibility index (Phi) is 5.40. The first-order chi connectivity index (χ1) is 7.74. The van der Waals surface area contributed by atoms with E-state index in [1.54, 1.807) is 0 Å². The molecule has 88 valence electrons. The topological polar surface area (TPSA) is 35.5 Å². The van der Waals surface area contributed by atoms with Crippen molar-refractivity contribution in [1.29, 1.82) is 0 Å². The highest BCUT2D eigenvalue weighted by molar-refractivity contribution is 5.68. The van der Waals surface area contributed by atoms with Crippen LogP contribution in [0.2, 0.25) is 0 Å². The maximum atomic E-state index is 10.8. The minimum Gasteiger partial charge on any atom is -0.493 e. The number of carbonyl (C=O) groups excluding carboxylic acids is 1. The van der Waals surface area contributed by atoms with E-state index < -0.39 is 0 Å². The van der Waals surface area contributed by atoms with Gasteiger partial charge in [-0.3, -0.25) is 4.79 Å². The van der Waals surface area contributed by atoms with E-state index in [1.165, 1.54) is 7.11 Å². The number of hydrogen-bond donors (Lipinski definition) is 0. The molecule has 1 aromatic rings. The number of ether oxygens (including phenoxy) is 2. The van der Waals surface area contributed by atoms with E-state index in [2.05, 4.69) is 4.74 Å². The van der Waals surface area contributed by atoms with E-state index in [-0.39, 0.29) is 5.97 Å². The van der Waals surface area contributed by atoms with Gasteiger partial charge in [-0.25, -0.2) is 0 Å². The second-order valence-corrected chi connectivity index (χ2v) is 3.65. The summed E-state index contributed by atoms with van der Waals surface area (Å²) in [6.45, 7) is 2.66. The molecular formula is C13H18O3. The summed E-state index contributed by atoms with van der Waals surface area (Å²) in [5, 5.41) is 0. The molecule has 0 heterocycles. The van der Waals surface area contributed by atoms with Crippen LogP contribution in [0.4, 0.5) is 0 Å². The Morgan fingerprint density at radius 1 is 1.25 bits per heavy atom. The number of carbonyl (C=O) groups is 1. The molecule has 3 nitrogen and oxygen atoms in total. The van der Waals surface area contributed by atoms with Gasteiger partial charge in [-0.1, -0.05) is 18.2 Å².